The molecule has 1 aliphatic rings. The predicted molar refractivity (Wildman–Crippen MR) is 105 cm³/mol. The van der Waals surface area contributed by atoms with Gasteiger partial charge in [0.05, 0.1) is 15.2 Å². The number of benzene rings is 2. The summed E-state index contributed by atoms with van der Waals surface area (Å²) in [6.07, 6.45) is 2.10. The number of ether oxygens (including phenoxy) is 1. The molecule has 4 nitrogen and oxygen atoms in total. The Labute approximate surface area is 157 Å². The summed E-state index contributed by atoms with van der Waals surface area (Å²) in [5.74, 6) is 1.16. The van der Waals surface area contributed by atoms with E-state index in [0.29, 0.717) is 5.92 Å². The summed E-state index contributed by atoms with van der Waals surface area (Å²) in [6, 6.07) is 16.0. The van der Waals surface area contributed by atoms with Crippen LogP contribution in [0.2, 0.25) is 0 Å². The predicted octanol–water partition coefficient (Wildman–Crippen LogP) is 4.39. The highest BCUT2D eigenvalue weighted by atomic mass is 32.1. The normalized spacial score (nSPS) is 17.4. The average Bonchev–Trinajstić information content (AvgIpc) is 3.11. The maximum atomic E-state index is 12.6. The van der Waals surface area contributed by atoms with Crippen LogP contribution in [0.3, 0.4) is 0 Å². The van der Waals surface area contributed by atoms with Gasteiger partial charge in [0.25, 0.3) is 5.91 Å². The van der Waals surface area contributed by atoms with Crippen molar-refractivity contribution in [1.82, 2.24) is 9.88 Å². The Morgan fingerprint density at radius 1 is 1.23 bits per heavy atom. The van der Waals surface area contributed by atoms with E-state index in [1.807, 2.05) is 48.2 Å². The maximum Gasteiger partial charge on any atom is 0.260 e. The molecule has 4 rings (SSSR count). The Bertz CT molecular complexity index is 888. The quantitative estimate of drug-likeness (QED) is 0.688. The van der Waals surface area contributed by atoms with E-state index in [0.717, 1.165) is 47.8 Å². The molecule has 1 aliphatic heterocycles. The maximum absolute atomic E-state index is 12.6. The van der Waals surface area contributed by atoms with Gasteiger partial charge in [-0.2, -0.15) is 0 Å². The lowest BCUT2D eigenvalue weighted by Gasteiger charge is -2.31. The van der Waals surface area contributed by atoms with Crippen molar-refractivity contribution in [3.63, 3.8) is 0 Å². The zero-order chi connectivity index (χ0) is 17.9. The summed E-state index contributed by atoms with van der Waals surface area (Å²) in [5, 5.41) is 1.14. The number of nitrogens with zero attached hydrogens (tertiary/aromatic N) is 2. The van der Waals surface area contributed by atoms with Gasteiger partial charge in [-0.1, -0.05) is 30.3 Å². The van der Waals surface area contributed by atoms with Gasteiger partial charge in [-0.15, -0.1) is 11.3 Å². The Balaban J connectivity index is 1.41. The third-order valence-electron chi connectivity index (χ3n) is 4.88. The Morgan fingerprint density at radius 2 is 2.04 bits per heavy atom. The van der Waals surface area contributed by atoms with Crippen molar-refractivity contribution in [2.45, 2.75) is 25.7 Å². The minimum Gasteiger partial charge on any atom is -0.484 e. The lowest BCUT2D eigenvalue weighted by Crippen LogP contribution is -2.41. The number of hydrogen-bond acceptors (Lipinski definition) is 4. The van der Waals surface area contributed by atoms with Gasteiger partial charge in [0.2, 0.25) is 0 Å². The second-order valence-corrected chi connectivity index (χ2v) is 7.82. The van der Waals surface area contributed by atoms with E-state index in [-0.39, 0.29) is 12.5 Å². The summed E-state index contributed by atoms with van der Waals surface area (Å²) < 4.78 is 6.95. The van der Waals surface area contributed by atoms with Crippen molar-refractivity contribution in [1.29, 1.82) is 0 Å². The highest BCUT2D eigenvalue weighted by Gasteiger charge is 2.27. The van der Waals surface area contributed by atoms with E-state index >= 15 is 0 Å². The number of hydrogen-bond donors (Lipinski definition) is 0. The number of carbonyl (C=O) groups is 1. The molecule has 0 N–H and O–H groups in total. The smallest absolute Gasteiger partial charge is 0.260 e. The fraction of sp³-hybridized carbons (Fsp3) is 0.333. The van der Waals surface area contributed by atoms with Crippen molar-refractivity contribution >= 4 is 27.5 Å². The highest BCUT2D eigenvalue weighted by Crippen LogP contribution is 2.33. The first kappa shape index (κ1) is 17.0. The molecule has 1 unspecified atom stereocenters. The zero-order valence-electron chi connectivity index (χ0n) is 14.9. The van der Waals surface area contributed by atoms with Crippen LogP contribution in [0, 0.1) is 6.92 Å². The molecule has 134 valence electrons. The van der Waals surface area contributed by atoms with Crippen molar-refractivity contribution in [3.05, 3.63) is 59.1 Å². The van der Waals surface area contributed by atoms with E-state index in [1.54, 1.807) is 11.3 Å². The van der Waals surface area contributed by atoms with E-state index in [2.05, 4.69) is 12.1 Å². The third kappa shape index (κ3) is 3.58. The number of carbonyl (C=O) groups excluding carboxylic acids is 1. The van der Waals surface area contributed by atoms with Gasteiger partial charge in [-0.25, -0.2) is 4.98 Å². The number of aromatic nitrogens is 1. The third-order valence-corrected chi connectivity index (χ3v) is 6.08. The van der Waals surface area contributed by atoms with Crippen molar-refractivity contribution < 1.29 is 9.53 Å². The molecular weight excluding hydrogens is 344 g/mol. The van der Waals surface area contributed by atoms with Crippen LogP contribution in [0.25, 0.3) is 10.2 Å². The van der Waals surface area contributed by atoms with Crippen LogP contribution in [-0.4, -0.2) is 35.5 Å². The minimum absolute atomic E-state index is 0.0547. The SMILES string of the molecule is Cc1ccccc1OCC(=O)N1CCCC(c2nc3ccccc3s2)C1. The second-order valence-electron chi connectivity index (χ2n) is 6.75. The molecule has 2 aromatic carbocycles. The molecule has 0 aliphatic carbocycles. The average molecular weight is 366 g/mol. The molecule has 1 atom stereocenters. The van der Waals surface area contributed by atoms with Crippen LogP contribution in [0.15, 0.2) is 48.5 Å². The van der Waals surface area contributed by atoms with E-state index in [9.17, 15) is 4.79 Å². The number of rotatable bonds is 4. The molecule has 0 saturated carbocycles. The molecular formula is C21H22N2O2S. The highest BCUT2D eigenvalue weighted by molar-refractivity contribution is 7.18. The molecule has 5 heteroatoms. The van der Waals surface area contributed by atoms with Crippen molar-refractivity contribution in [2.75, 3.05) is 19.7 Å². The Morgan fingerprint density at radius 3 is 2.88 bits per heavy atom. The molecule has 1 amide bonds. The van der Waals surface area contributed by atoms with Gasteiger partial charge in [-0.3, -0.25) is 4.79 Å². The number of amides is 1. The molecule has 0 spiro atoms. The fourth-order valence-electron chi connectivity index (χ4n) is 3.42. The van der Waals surface area contributed by atoms with Crippen LogP contribution in [-0.2, 0) is 4.79 Å². The molecule has 0 bridgehead atoms. The van der Waals surface area contributed by atoms with Gasteiger partial charge in [0.1, 0.15) is 5.75 Å². The largest absolute Gasteiger partial charge is 0.484 e. The molecule has 0 radical (unpaired) electrons. The molecule has 1 fully saturated rings. The fourth-order valence-corrected chi connectivity index (χ4v) is 4.51. The standard InChI is InChI=1S/C21H22N2O2S/c1-15-7-2-4-10-18(15)25-14-20(24)23-12-6-8-16(13-23)21-22-17-9-3-5-11-19(17)26-21/h2-5,7,9-11,16H,6,8,12-14H2,1H3. The topological polar surface area (TPSA) is 42.4 Å². The number of fused-ring (bicyclic) bond motifs is 1. The summed E-state index contributed by atoms with van der Waals surface area (Å²) in [4.78, 5) is 19.3. The van der Waals surface area contributed by atoms with Gasteiger partial charge >= 0.3 is 0 Å². The molecule has 3 aromatic rings. The van der Waals surface area contributed by atoms with Crippen LogP contribution in [0.5, 0.6) is 5.75 Å². The van der Waals surface area contributed by atoms with Crippen molar-refractivity contribution in [2.24, 2.45) is 0 Å². The lowest BCUT2D eigenvalue weighted by atomic mass is 9.99. The van der Waals surface area contributed by atoms with Crippen molar-refractivity contribution in [3.8, 4) is 5.75 Å². The van der Waals surface area contributed by atoms with Gasteiger partial charge < -0.3 is 9.64 Å². The van der Waals surface area contributed by atoms with Crippen LogP contribution in [0.4, 0.5) is 0 Å². The first-order valence-corrected chi connectivity index (χ1v) is 9.84. The number of thiazole rings is 1. The van der Waals surface area contributed by atoms with Crippen LogP contribution in [0.1, 0.15) is 29.3 Å². The van der Waals surface area contributed by atoms with Gasteiger partial charge in [-0.05, 0) is 43.5 Å². The molecule has 26 heavy (non-hydrogen) atoms. The Hall–Kier alpha value is -2.40. The van der Waals surface area contributed by atoms with E-state index in [4.69, 9.17) is 9.72 Å². The van der Waals surface area contributed by atoms with Gasteiger partial charge in [0.15, 0.2) is 6.61 Å². The minimum atomic E-state index is 0.0547. The number of piperidine rings is 1. The summed E-state index contributed by atoms with van der Waals surface area (Å²) in [7, 11) is 0. The van der Waals surface area contributed by atoms with E-state index in [1.165, 1.54) is 4.70 Å². The van der Waals surface area contributed by atoms with Crippen LogP contribution < -0.4 is 4.74 Å². The van der Waals surface area contributed by atoms with E-state index < -0.39 is 0 Å². The Kier molecular flexibility index (Phi) is 4.89. The first-order valence-electron chi connectivity index (χ1n) is 9.02. The molecule has 1 saturated heterocycles. The first-order chi connectivity index (χ1) is 12.7. The summed E-state index contributed by atoms with van der Waals surface area (Å²) >= 11 is 1.75. The zero-order valence-corrected chi connectivity index (χ0v) is 15.7. The summed E-state index contributed by atoms with van der Waals surface area (Å²) in [6.45, 7) is 3.62. The number of likely N-dealkylation sites (tertiary alicyclic amines) is 1. The number of para-hydroxylation sites is 2. The monoisotopic (exact) mass is 366 g/mol. The lowest BCUT2D eigenvalue weighted by molar-refractivity contribution is -0.134. The number of aryl methyl sites for hydroxylation is 1. The molecule has 1 aromatic heterocycles. The van der Waals surface area contributed by atoms with Crippen LogP contribution >= 0.6 is 11.3 Å². The second kappa shape index (κ2) is 7.46. The van der Waals surface area contributed by atoms with Gasteiger partial charge in [0, 0.05) is 19.0 Å². The molecule has 2 heterocycles. The summed E-state index contributed by atoms with van der Waals surface area (Å²) in [5.41, 5.74) is 2.10.